The number of carbonyl (C=O) groups is 2. The molecule has 8 nitrogen and oxygen atoms in total. The molecule has 0 radical (unpaired) electrons. The van der Waals surface area contributed by atoms with E-state index in [0.29, 0.717) is 29.9 Å². The molecule has 3 rings (SSSR count). The summed E-state index contributed by atoms with van der Waals surface area (Å²) in [6.07, 6.45) is 2.17. The van der Waals surface area contributed by atoms with Crippen LogP contribution in [0.4, 0.5) is 17.1 Å². The van der Waals surface area contributed by atoms with E-state index in [2.05, 4.69) is 10.2 Å². The lowest BCUT2D eigenvalue weighted by atomic mass is 10.1. The largest absolute Gasteiger partial charge is 0.371 e. The minimum Gasteiger partial charge on any atom is -0.371 e. The van der Waals surface area contributed by atoms with E-state index in [9.17, 15) is 19.7 Å². The molecular formula is C23H28N4O4. The van der Waals surface area contributed by atoms with E-state index in [4.69, 9.17) is 0 Å². The number of aryl methyl sites for hydroxylation is 1. The van der Waals surface area contributed by atoms with Crippen molar-refractivity contribution in [2.45, 2.75) is 33.6 Å². The number of anilines is 2. The van der Waals surface area contributed by atoms with Crippen LogP contribution in [0.3, 0.4) is 0 Å². The summed E-state index contributed by atoms with van der Waals surface area (Å²) >= 11 is 0. The molecule has 0 bridgehead atoms. The van der Waals surface area contributed by atoms with E-state index in [1.54, 1.807) is 36.1 Å². The maximum atomic E-state index is 13.2. The Morgan fingerprint density at radius 1 is 1.10 bits per heavy atom. The van der Waals surface area contributed by atoms with Crippen molar-refractivity contribution in [3.05, 3.63) is 63.2 Å². The smallest absolute Gasteiger partial charge is 0.273 e. The number of nitro groups is 1. The Morgan fingerprint density at radius 3 is 2.39 bits per heavy atom. The molecule has 1 heterocycles. The summed E-state index contributed by atoms with van der Waals surface area (Å²) in [6.45, 7) is 8.49. The van der Waals surface area contributed by atoms with Gasteiger partial charge in [-0.2, -0.15) is 0 Å². The molecule has 1 aliphatic heterocycles. The molecule has 2 aromatic rings. The van der Waals surface area contributed by atoms with Crippen LogP contribution in [0.25, 0.3) is 0 Å². The van der Waals surface area contributed by atoms with Gasteiger partial charge in [0.05, 0.1) is 10.5 Å². The first-order valence-corrected chi connectivity index (χ1v) is 10.6. The van der Waals surface area contributed by atoms with Crippen LogP contribution in [-0.4, -0.2) is 47.8 Å². The maximum absolute atomic E-state index is 13.2. The Bertz CT molecular complexity index is 995. The minimum absolute atomic E-state index is 0.0750. The van der Waals surface area contributed by atoms with Gasteiger partial charge in [0, 0.05) is 54.7 Å². The summed E-state index contributed by atoms with van der Waals surface area (Å²) in [7, 11) is 0. The van der Waals surface area contributed by atoms with Gasteiger partial charge in [-0.05, 0) is 57.9 Å². The second-order valence-corrected chi connectivity index (χ2v) is 7.62. The van der Waals surface area contributed by atoms with Crippen molar-refractivity contribution in [2.24, 2.45) is 0 Å². The number of amides is 2. The van der Waals surface area contributed by atoms with Gasteiger partial charge >= 0.3 is 0 Å². The highest BCUT2D eigenvalue weighted by Crippen LogP contribution is 2.29. The summed E-state index contributed by atoms with van der Waals surface area (Å²) in [5.41, 5.74) is 2.49. The van der Waals surface area contributed by atoms with Crippen molar-refractivity contribution in [3.63, 3.8) is 0 Å². The van der Waals surface area contributed by atoms with Crippen molar-refractivity contribution in [1.82, 2.24) is 4.90 Å². The molecular weight excluding hydrogens is 396 g/mol. The Kier molecular flexibility index (Phi) is 6.89. The summed E-state index contributed by atoms with van der Waals surface area (Å²) in [5, 5.41) is 14.0. The quantitative estimate of drug-likeness (QED) is 0.530. The van der Waals surface area contributed by atoms with Crippen LogP contribution in [0.2, 0.25) is 0 Å². The molecule has 1 N–H and O–H groups in total. The third-order valence-corrected chi connectivity index (χ3v) is 5.65. The van der Waals surface area contributed by atoms with E-state index in [-0.39, 0.29) is 17.2 Å². The summed E-state index contributed by atoms with van der Waals surface area (Å²) in [4.78, 5) is 40.5. The number of hydrogen-bond acceptors (Lipinski definition) is 5. The zero-order valence-electron chi connectivity index (χ0n) is 18.2. The van der Waals surface area contributed by atoms with Crippen LogP contribution >= 0.6 is 0 Å². The number of nitrogens with zero attached hydrogens (tertiary/aromatic N) is 3. The zero-order valence-corrected chi connectivity index (χ0v) is 18.2. The number of nitrogens with one attached hydrogen (secondary N) is 1. The normalized spacial score (nSPS) is 13.2. The van der Waals surface area contributed by atoms with Gasteiger partial charge in [-0.3, -0.25) is 19.7 Å². The third kappa shape index (κ3) is 4.84. The SMILES string of the molecule is CCN(CC)C(=O)c1cc(NC(=O)c2ccc(C)c([N+](=O)[O-])c2)ccc1N1CCCC1. The van der Waals surface area contributed by atoms with Crippen LogP contribution < -0.4 is 10.2 Å². The van der Waals surface area contributed by atoms with Gasteiger partial charge in [0.15, 0.2) is 0 Å². The van der Waals surface area contributed by atoms with Crippen LogP contribution in [0.5, 0.6) is 0 Å². The van der Waals surface area contributed by atoms with E-state index >= 15 is 0 Å². The second-order valence-electron chi connectivity index (χ2n) is 7.62. The van der Waals surface area contributed by atoms with Crippen molar-refractivity contribution >= 4 is 28.9 Å². The van der Waals surface area contributed by atoms with Gasteiger partial charge in [-0.1, -0.05) is 6.07 Å². The first kappa shape index (κ1) is 22.3. The number of carbonyl (C=O) groups excluding carboxylic acids is 2. The zero-order chi connectivity index (χ0) is 22.5. The summed E-state index contributed by atoms with van der Waals surface area (Å²) < 4.78 is 0. The van der Waals surface area contributed by atoms with Gasteiger partial charge in [-0.15, -0.1) is 0 Å². The molecule has 1 saturated heterocycles. The molecule has 1 aliphatic rings. The van der Waals surface area contributed by atoms with Gasteiger partial charge in [0.1, 0.15) is 0 Å². The Hall–Kier alpha value is -3.42. The van der Waals surface area contributed by atoms with Crippen molar-refractivity contribution in [1.29, 1.82) is 0 Å². The van der Waals surface area contributed by atoms with Crippen LogP contribution in [0.1, 0.15) is 53.0 Å². The highest BCUT2D eigenvalue weighted by atomic mass is 16.6. The van der Waals surface area contributed by atoms with Gasteiger partial charge in [0.2, 0.25) is 0 Å². The number of rotatable bonds is 7. The first-order valence-electron chi connectivity index (χ1n) is 10.6. The van der Waals surface area contributed by atoms with Crippen molar-refractivity contribution in [2.75, 3.05) is 36.4 Å². The molecule has 2 amide bonds. The highest BCUT2D eigenvalue weighted by Gasteiger charge is 2.23. The Balaban J connectivity index is 1.92. The molecule has 1 fully saturated rings. The van der Waals surface area contributed by atoms with E-state index in [1.165, 1.54) is 6.07 Å². The predicted octanol–water partition coefficient (Wildman–Crippen LogP) is 4.24. The Labute approximate surface area is 182 Å². The third-order valence-electron chi connectivity index (χ3n) is 5.65. The van der Waals surface area contributed by atoms with Crippen LogP contribution in [-0.2, 0) is 0 Å². The lowest BCUT2D eigenvalue weighted by Gasteiger charge is -2.25. The molecule has 0 atom stereocenters. The fourth-order valence-electron chi connectivity index (χ4n) is 3.85. The molecule has 0 aromatic heterocycles. The molecule has 0 unspecified atom stereocenters. The summed E-state index contributed by atoms with van der Waals surface area (Å²) in [6, 6.07) is 9.72. The molecule has 164 valence electrons. The van der Waals surface area contributed by atoms with Crippen LogP contribution in [0.15, 0.2) is 36.4 Å². The fraction of sp³-hybridized carbons (Fsp3) is 0.391. The second kappa shape index (κ2) is 9.59. The summed E-state index contributed by atoms with van der Waals surface area (Å²) in [5.74, 6) is -0.535. The molecule has 31 heavy (non-hydrogen) atoms. The van der Waals surface area contributed by atoms with E-state index in [1.807, 2.05) is 19.9 Å². The topological polar surface area (TPSA) is 95.8 Å². The maximum Gasteiger partial charge on any atom is 0.273 e. The molecule has 0 aliphatic carbocycles. The average molecular weight is 425 g/mol. The molecule has 2 aromatic carbocycles. The first-order chi connectivity index (χ1) is 14.8. The Morgan fingerprint density at radius 2 is 1.77 bits per heavy atom. The predicted molar refractivity (Wildman–Crippen MR) is 121 cm³/mol. The number of hydrogen-bond donors (Lipinski definition) is 1. The number of benzene rings is 2. The highest BCUT2D eigenvalue weighted by molar-refractivity contribution is 6.06. The van der Waals surface area contributed by atoms with Gasteiger partial charge in [-0.25, -0.2) is 0 Å². The molecule has 0 spiro atoms. The lowest BCUT2D eigenvalue weighted by Crippen LogP contribution is -2.32. The average Bonchev–Trinajstić information content (AvgIpc) is 3.29. The van der Waals surface area contributed by atoms with E-state index in [0.717, 1.165) is 31.6 Å². The van der Waals surface area contributed by atoms with E-state index < -0.39 is 10.8 Å². The van der Waals surface area contributed by atoms with Crippen molar-refractivity contribution < 1.29 is 14.5 Å². The van der Waals surface area contributed by atoms with Crippen LogP contribution in [0, 0.1) is 17.0 Å². The van der Waals surface area contributed by atoms with Crippen molar-refractivity contribution in [3.8, 4) is 0 Å². The van der Waals surface area contributed by atoms with Gasteiger partial charge in [0.25, 0.3) is 17.5 Å². The van der Waals surface area contributed by atoms with Gasteiger partial charge < -0.3 is 15.1 Å². The minimum atomic E-state index is -0.502. The monoisotopic (exact) mass is 424 g/mol. The fourth-order valence-corrected chi connectivity index (χ4v) is 3.85. The lowest BCUT2D eigenvalue weighted by molar-refractivity contribution is -0.385. The standard InChI is InChI=1S/C23H28N4O4/c1-4-25(5-2)23(29)19-15-18(10-11-20(19)26-12-6-7-13-26)24-22(28)17-9-8-16(3)21(14-17)27(30)31/h8-11,14-15H,4-7,12-13H2,1-3H3,(H,24,28). The number of nitro benzene ring substituents is 1. The molecule has 0 saturated carbocycles. The molecule has 8 heteroatoms.